The summed E-state index contributed by atoms with van der Waals surface area (Å²) in [5.74, 6) is 0. The molecule has 0 saturated heterocycles. The van der Waals surface area contributed by atoms with E-state index in [0.29, 0.717) is 0 Å². The van der Waals surface area contributed by atoms with Crippen LogP contribution in [0.2, 0.25) is 5.02 Å². The SMILES string of the molecule is Cc1ccc(C(Br)c2ccc(Br)c3ccccc23)c(Cl)c1. The Bertz CT molecular complexity index is 811. The van der Waals surface area contributed by atoms with Crippen molar-refractivity contribution in [2.24, 2.45) is 0 Å². The Morgan fingerprint density at radius 1 is 0.905 bits per heavy atom. The van der Waals surface area contributed by atoms with Crippen molar-refractivity contribution < 1.29 is 0 Å². The second-order valence-electron chi connectivity index (χ2n) is 5.07. The Labute approximate surface area is 146 Å². The van der Waals surface area contributed by atoms with Crippen molar-refractivity contribution in [1.82, 2.24) is 0 Å². The zero-order valence-corrected chi connectivity index (χ0v) is 15.3. The first kappa shape index (κ1) is 15.1. The molecule has 0 N–H and O–H groups in total. The first-order valence-electron chi connectivity index (χ1n) is 6.65. The average Bonchev–Trinajstić information content (AvgIpc) is 2.47. The van der Waals surface area contributed by atoms with Gasteiger partial charge in [0, 0.05) is 9.50 Å². The lowest BCUT2D eigenvalue weighted by Gasteiger charge is -2.16. The maximum absolute atomic E-state index is 6.42. The van der Waals surface area contributed by atoms with Crippen LogP contribution in [0.1, 0.15) is 21.5 Å². The summed E-state index contributed by atoms with van der Waals surface area (Å²) >= 11 is 13.9. The predicted octanol–water partition coefficient (Wildman–Crippen LogP) is 7.05. The molecule has 3 aromatic rings. The number of halogens is 3. The van der Waals surface area contributed by atoms with E-state index in [1.54, 1.807) is 0 Å². The van der Waals surface area contributed by atoms with Gasteiger partial charge in [-0.3, -0.25) is 0 Å². The molecule has 1 unspecified atom stereocenters. The largest absolute Gasteiger partial charge is 0.0840 e. The van der Waals surface area contributed by atoms with Crippen LogP contribution in [0.25, 0.3) is 10.8 Å². The van der Waals surface area contributed by atoms with Gasteiger partial charge in [-0.1, -0.05) is 85.9 Å². The second kappa shape index (κ2) is 6.12. The molecule has 0 aromatic heterocycles. The van der Waals surface area contributed by atoms with E-state index < -0.39 is 0 Å². The van der Waals surface area contributed by atoms with Gasteiger partial charge in [-0.05, 0) is 46.5 Å². The molecule has 0 saturated carbocycles. The first-order valence-corrected chi connectivity index (χ1v) is 8.74. The normalized spacial score (nSPS) is 12.6. The number of benzene rings is 3. The van der Waals surface area contributed by atoms with Gasteiger partial charge >= 0.3 is 0 Å². The molecule has 0 nitrogen and oxygen atoms in total. The lowest BCUT2D eigenvalue weighted by atomic mass is 9.98. The minimum Gasteiger partial charge on any atom is -0.0840 e. The Kier molecular flexibility index (Phi) is 4.39. The molecule has 21 heavy (non-hydrogen) atoms. The third-order valence-corrected chi connectivity index (χ3v) is 5.61. The van der Waals surface area contributed by atoms with Gasteiger partial charge in [0.1, 0.15) is 0 Å². The van der Waals surface area contributed by atoms with Crippen molar-refractivity contribution in [3.8, 4) is 0 Å². The van der Waals surface area contributed by atoms with Crippen LogP contribution >= 0.6 is 43.5 Å². The van der Waals surface area contributed by atoms with E-state index in [0.717, 1.165) is 15.1 Å². The van der Waals surface area contributed by atoms with Crippen LogP contribution < -0.4 is 0 Å². The van der Waals surface area contributed by atoms with E-state index in [1.165, 1.54) is 21.9 Å². The van der Waals surface area contributed by atoms with Gasteiger partial charge in [-0.25, -0.2) is 0 Å². The van der Waals surface area contributed by atoms with Crippen molar-refractivity contribution in [2.75, 3.05) is 0 Å². The van der Waals surface area contributed by atoms with E-state index in [9.17, 15) is 0 Å². The lowest BCUT2D eigenvalue weighted by Crippen LogP contribution is -1.96. The number of aryl methyl sites for hydroxylation is 1. The summed E-state index contributed by atoms with van der Waals surface area (Å²) in [5.41, 5.74) is 3.48. The quantitative estimate of drug-likeness (QED) is 0.387. The maximum Gasteiger partial charge on any atom is 0.0665 e. The zero-order chi connectivity index (χ0) is 15.0. The average molecular weight is 425 g/mol. The monoisotopic (exact) mass is 422 g/mol. The molecule has 0 heterocycles. The summed E-state index contributed by atoms with van der Waals surface area (Å²) in [4.78, 5) is 0.0728. The Morgan fingerprint density at radius 3 is 2.29 bits per heavy atom. The smallest absolute Gasteiger partial charge is 0.0665 e. The van der Waals surface area contributed by atoms with E-state index in [2.05, 4.69) is 80.4 Å². The maximum atomic E-state index is 6.42. The second-order valence-corrected chi connectivity index (χ2v) is 7.25. The van der Waals surface area contributed by atoms with Crippen molar-refractivity contribution >= 4 is 54.2 Å². The zero-order valence-electron chi connectivity index (χ0n) is 11.4. The van der Waals surface area contributed by atoms with Crippen molar-refractivity contribution in [3.05, 3.63) is 80.8 Å². The summed E-state index contributed by atoms with van der Waals surface area (Å²) in [6.45, 7) is 2.05. The summed E-state index contributed by atoms with van der Waals surface area (Å²) in [7, 11) is 0. The Balaban J connectivity index is 2.18. The van der Waals surface area contributed by atoms with Gasteiger partial charge in [-0.15, -0.1) is 0 Å². The fourth-order valence-corrected chi connectivity index (χ4v) is 4.26. The number of fused-ring (bicyclic) bond motifs is 1. The molecular formula is C18H13Br2Cl. The van der Waals surface area contributed by atoms with Gasteiger partial charge < -0.3 is 0 Å². The van der Waals surface area contributed by atoms with Gasteiger partial charge in [0.25, 0.3) is 0 Å². The summed E-state index contributed by atoms with van der Waals surface area (Å²) < 4.78 is 1.11. The minimum absolute atomic E-state index is 0.0728. The van der Waals surface area contributed by atoms with Gasteiger partial charge in [-0.2, -0.15) is 0 Å². The topological polar surface area (TPSA) is 0 Å². The fourth-order valence-electron chi connectivity index (χ4n) is 2.51. The van der Waals surface area contributed by atoms with E-state index in [1.807, 2.05) is 13.0 Å². The van der Waals surface area contributed by atoms with Crippen LogP contribution in [0.4, 0.5) is 0 Å². The van der Waals surface area contributed by atoms with Crippen LogP contribution in [-0.2, 0) is 0 Å². The molecule has 3 aromatic carbocycles. The molecule has 0 aliphatic carbocycles. The third kappa shape index (κ3) is 2.90. The van der Waals surface area contributed by atoms with Crippen molar-refractivity contribution in [1.29, 1.82) is 0 Å². The molecule has 0 aliphatic rings. The molecule has 0 aliphatic heterocycles. The first-order chi connectivity index (χ1) is 10.1. The summed E-state index contributed by atoms with van der Waals surface area (Å²) in [5, 5.41) is 3.23. The van der Waals surface area contributed by atoms with Gasteiger partial charge in [0.05, 0.1) is 4.83 Å². The van der Waals surface area contributed by atoms with Crippen molar-refractivity contribution in [2.45, 2.75) is 11.8 Å². The Hall–Kier alpha value is -0.830. The minimum atomic E-state index is 0.0728. The molecule has 3 rings (SSSR count). The summed E-state index contributed by atoms with van der Waals surface area (Å²) in [6, 6.07) is 18.8. The highest BCUT2D eigenvalue weighted by molar-refractivity contribution is 9.10. The third-order valence-electron chi connectivity index (χ3n) is 3.61. The molecule has 106 valence electrons. The van der Waals surface area contributed by atoms with Crippen LogP contribution in [0, 0.1) is 6.92 Å². The number of rotatable bonds is 2. The lowest BCUT2D eigenvalue weighted by molar-refractivity contribution is 1.19. The molecule has 0 fully saturated rings. The number of alkyl halides is 1. The molecule has 1 atom stereocenters. The molecular weight excluding hydrogens is 411 g/mol. The highest BCUT2D eigenvalue weighted by Gasteiger charge is 2.17. The van der Waals surface area contributed by atoms with Gasteiger partial charge in [0.2, 0.25) is 0 Å². The van der Waals surface area contributed by atoms with Crippen LogP contribution in [-0.4, -0.2) is 0 Å². The van der Waals surface area contributed by atoms with Crippen molar-refractivity contribution in [3.63, 3.8) is 0 Å². The Morgan fingerprint density at radius 2 is 1.57 bits per heavy atom. The highest BCUT2D eigenvalue weighted by Crippen LogP contribution is 2.40. The highest BCUT2D eigenvalue weighted by atomic mass is 79.9. The number of hydrogen-bond acceptors (Lipinski definition) is 0. The standard InChI is InChI=1S/C18H13Br2Cl/c1-11-6-7-15(17(21)10-11)18(20)14-8-9-16(19)13-5-3-2-4-12(13)14/h2-10,18H,1H3. The van der Waals surface area contributed by atoms with E-state index in [4.69, 9.17) is 11.6 Å². The molecule has 0 amide bonds. The molecule has 0 spiro atoms. The summed E-state index contributed by atoms with van der Waals surface area (Å²) in [6.07, 6.45) is 0. The fraction of sp³-hybridized carbons (Fsp3) is 0.111. The van der Waals surface area contributed by atoms with E-state index in [-0.39, 0.29) is 4.83 Å². The number of hydrogen-bond donors (Lipinski definition) is 0. The van der Waals surface area contributed by atoms with Crippen LogP contribution in [0.15, 0.2) is 59.1 Å². The molecule has 0 bridgehead atoms. The predicted molar refractivity (Wildman–Crippen MR) is 98.6 cm³/mol. The van der Waals surface area contributed by atoms with Crippen LogP contribution in [0.5, 0.6) is 0 Å². The van der Waals surface area contributed by atoms with Crippen LogP contribution in [0.3, 0.4) is 0 Å². The van der Waals surface area contributed by atoms with Gasteiger partial charge in [0.15, 0.2) is 0 Å². The van der Waals surface area contributed by atoms with E-state index >= 15 is 0 Å². The molecule has 0 radical (unpaired) electrons. The molecule has 3 heteroatoms.